The predicted octanol–water partition coefficient (Wildman–Crippen LogP) is 3.55. The van der Waals surface area contributed by atoms with Crippen LogP contribution in [0, 0.1) is 5.41 Å². The number of amides is 1. The molecule has 4 N–H and O–H groups in total. The standard InChI is InChI=1S/C20H21F3N4OS/c21-20(22,23)18(24)16-5-1-2-6-17(16)26-11-14-10-13(7-8-25-14)19(28)27-12-15-4-3-9-29-15/h3-4,7-10,24,26H,1-2,5-6,11-12H2,(H,27,28)/p+1. The topological polar surface area (TPSA) is 82.5 Å². The SMILES string of the molecule is N=C(C1=C([NH2+]Cc2cc(C(=O)NCc3cccs3)ccn2)CCCC1)C(F)(F)F. The lowest BCUT2D eigenvalue weighted by Crippen LogP contribution is -2.81. The van der Waals surface area contributed by atoms with Crippen molar-refractivity contribution in [3.05, 3.63) is 63.2 Å². The van der Waals surface area contributed by atoms with Crippen LogP contribution in [0.15, 0.2) is 47.1 Å². The number of nitrogens with two attached hydrogens (primary N) is 1. The van der Waals surface area contributed by atoms with Crippen molar-refractivity contribution in [2.24, 2.45) is 0 Å². The van der Waals surface area contributed by atoms with Crippen molar-refractivity contribution >= 4 is 23.0 Å². The third-order valence-electron chi connectivity index (χ3n) is 4.74. The summed E-state index contributed by atoms with van der Waals surface area (Å²) in [6, 6.07) is 7.11. The number of pyridine rings is 1. The van der Waals surface area contributed by atoms with Crippen molar-refractivity contribution in [3.63, 3.8) is 0 Å². The van der Waals surface area contributed by atoms with Gasteiger partial charge in [-0.05, 0) is 42.8 Å². The van der Waals surface area contributed by atoms with E-state index in [1.165, 1.54) is 6.20 Å². The van der Waals surface area contributed by atoms with Gasteiger partial charge in [0.25, 0.3) is 5.91 Å². The van der Waals surface area contributed by atoms with E-state index in [2.05, 4.69) is 10.3 Å². The molecule has 5 nitrogen and oxygen atoms in total. The Labute approximate surface area is 170 Å². The minimum Gasteiger partial charge on any atom is -0.347 e. The second kappa shape index (κ2) is 9.32. The van der Waals surface area contributed by atoms with Crippen LogP contribution < -0.4 is 10.6 Å². The second-order valence-corrected chi connectivity index (χ2v) is 7.82. The van der Waals surface area contributed by atoms with Gasteiger partial charge in [0, 0.05) is 28.6 Å². The summed E-state index contributed by atoms with van der Waals surface area (Å²) >= 11 is 1.56. The maximum atomic E-state index is 13.0. The van der Waals surface area contributed by atoms with E-state index in [1.807, 2.05) is 17.5 Å². The van der Waals surface area contributed by atoms with Crippen LogP contribution in [0.3, 0.4) is 0 Å². The quantitative estimate of drug-likeness (QED) is 0.596. The largest absolute Gasteiger partial charge is 0.433 e. The summed E-state index contributed by atoms with van der Waals surface area (Å²) in [5.74, 6) is -0.224. The van der Waals surface area contributed by atoms with Crippen molar-refractivity contribution in [2.45, 2.75) is 44.9 Å². The number of hydrogen-bond acceptors (Lipinski definition) is 4. The molecule has 1 amide bonds. The molecule has 2 heterocycles. The molecule has 29 heavy (non-hydrogen) atoms. The van der Waals surface area contributed by atoms with Crippen molar-refractivity contribution in [1.29, 1.82) is 5.41 Å². The van der Waals surface area contributed by atoms with Gasteiger partial charge in [-0.3, -0.25) is 15.2 Å². The molecule has 2 aromatic heterocycles. The molecule has 2 aromatic rings. The summed E-state index contributed by atoms with van der Waals surface area (Å²) in [7, 11) is 0. The molecule has 1 aliphatic carbocycles. The Morgan fingerprint density at radius 3 is 2.79 bits per heavy atom. The highest BCUT2D eigenvalue weighted by molar-refractivity contribution is 7.09. The summed E-state index contributed by atoms with van der Waals surface area (Å²) in [5, 5.41) is 14.0. The minimum absolute atomic E-state index is 0.0774. The average Bonchev–Trinajstić information content (AvgIpc) is 3.23. The highest BCUT2D eigenvalue weighted by atomic mass is 32.1. The molecular formula is C20H22F3N4OS+. The fourth-order valence-electron chi connectivity index (χ4n) is 3.25. The molecule has 0 spiro atoms. The van der Waals surface area contributed by atoms with Crippen molar-refractivity contribution in [1.82, 2.24) is 10.3 Å². The van der Waals surface area contributed by atoms with Crippen molar-refractivity contribution < 1.29 is 23.3 Å². The maximum Gasteiger partial charge on any atom is 0.433 e. The Bertz CT molecular complexity index is 907. The van der Waals surface area contributed by atoms with Gasteiger partial charge < -0.3 is 10.6 Å². The first kappa shape index (κ1) is 21.2. The molecule has 0 fully saturated rings. The van der Waals surface area contributed by atoms with Gasteiger partial charge in [0.05, 0.1) is 12.2 Å². The number of halogens is 3. The van der Waals surface area contributed by atoms with E-state index in [-0.39, 0.29) is 17.9 Å². The molecule has 0 atom stereocenters. The van der Waals surface area contributed by atoms with Crippen LogP contribution in [-0.4, -0.2) is 22.8 Å². The smallest absolute Gasteiger partial charge is 0.347 e. The van der Waals surface area contributed by atoms with E-state index in [0.717, 1.165) is 11.3 Å². The van der Waals surface area contributed by atoms with Gasteiger partial charge in [-0.2, -0.15) is 13.2 Å². The molecule has 0 aliphatic heterocycles. The van der Waals surface area contributed by atoms with E-state index in [4.69, 9.17) is 5.41 Å². The van der Waals surface area contributed by atoms with Crippen LogP contribution in [0.1, 0.15) is 46.6 Å². The molecule has 1 aliphatic rings. The van der Waals surface area contributed by atoms with E-state index in [1.54, 1.807) is 28.8 Å². The number of thiophene rings is 1. The van der Waals surface area contributed by atoms with Crippen LogP contribution >= 0.6 is 11.3 Å². The van der Waals surface area contributed by atoms with Gasteiger partial charge in [-0.25, -0.2) is 0 Å². The summed E-state index contributed by atoms with van der Waals surface area (Å²) < 4.78 is 38.9. The Hall–Kier alpha value is -2.52. The lowest BCUT2D eigenvalue weighted by Gasteiger charge is -2.20. The van der Waals surface area contributed by atoms with Gasteiger partial charge in [0.15, 0.2) is 0 Å². The van der Waals surface area contributed by atoms with Gasteiger partial charge in [-0.15, -0.1) is 11.3 Å². The predicted molar refractivity (Wildman–Crippen MR) is 105 cm³/mol. The number of quaternary nitrogens is 1. The number of allylic oxidation sites excluding steroid dienone is 2. The van der Waals surface area contributed by atoms with E-state index < -0.39 is 11.9 Å². The Morgan fingerprint density at radius 2 is 2.07 bits per heavy atom. The van der Waals surface area contributed by atoms with Crippen molar-refractivity contribution in [3.8, 4) is 0 Å². The van der Waals surface area contributed by atoms with E-state index in [0.29, 0.717) is 42.9 Å². The van der Waals surface area contributed by atoms with Gasteiger partial charge in [0.2, 0.25) is 0 Å². The highest BCUT2D eigenvalue weighted by Crippen LogP contribution is 2.29. The summed E-state index contributed by atoms with van der Waals surface area (Å²) in [5.41, 5.74) is 0.449. The monoisotopic (exact) mass is 423 g/mol. The molecule has 0 aromatic carbocycles. The molecule has 0 saturated carbocycles. The molecule has 9 heteroatoms. The minimum atomic E-state index is -4.63. The zero-order chi connectivity index (χ0) is 20.9. The first-order valence-corrected chi connectivity index (χ1v) is 10.2. The van der Waals surface area contributed by atoms with Crippen LogP contribution in [-0.2, 0) is 13.1 Å². The number of alkyl halides is 3. The Balaban J connectivity index is 1.65. The van der Waals surface area contributed by atoms with Gasteiger partial charge >= 0.3 is 6.18 Å². The first-order chi connectivity index (χ1) is 13.8. The van der Waals surface area contributed by atoms with Crippen LogP contribution in [0.2, 0.25) is 0 Å². The van der Waals surface area contributed by atoms with Crippen LogP contribution in [0.25, 0.3) is 0 Å². The zero-order valence-electron chi connectivity index (χ0n) is 15.7. The summed E-state index contributed by atoms with van der Waals surface area (Å²) in [6.45, 7) is 0.756. The number of carbonyl (C=O) groups is 1. The van der Waals surface area contributed by atoms with Crippen molar-refractivity contribution in [2.75, 3.05) is 0 Å². The number of aromatic nitrogens is 1. The molecule has 0 unspecified atom stereocenters. The highest BCUT2D eigenvalue weighted by Gasteiger charge is 2.39. The zero-order valence-corrected chi connectivity index (χ0v) is 16.5. The van der Waals surface area contributed by atoms with E-state index >= 15 is 0 Å². The number of carbonyl (C=O) groups excluding carboxylic acids is 1. The number of nitrogens with zero attached hydrogens (tertiary/aromatic N) is 1. The lowest BCUT2D eigenvalue weighted by molar-refractivity contribution is -0.626. The summed E-state index contributed by atoms with van der Waals surface area (Å²) in [6.07, 6.45) is -0.859. The molecule has 154 valence electrons. The summed E-state index contributed by atoms with van der Waals surface area (Å²) in [4.78, 5) is 17.6. The number of nitrogens with one attached hydrogen (secondary N) is 2. The molecule has 0 bridgehead atoms. The fourth-order valence-corrected chi connectivity index (χ4v) is 3.90. The average molecular weight is 423 g/mol. The third-order valence-corrected chi connectivity index (χ3v) is 5.61. The fraction of sp³-hybridized carbons (Fsp3) is 0.350. The first-order valence-electron chi connectivity index (χ1n) is 9.31. The Kier molecular flexibility index (Phi) is 6.81. The normalized spacial score (nSPS) is 14.7. The third kappa shape index (κ3) is 5.74. The number of hydrogen-bond donors (Lipinski definition) is 3. The van der Waals surface area contributed by atoms with Crippen LogP contribution in [0.5, 0.6) is 0 Å². The lowest BCUT2D eigenvalue weighted by atomic mass is 9.92. The molecule has 0 saturated heterocycles. The van der Waals surface area contributed by atoms with Gasteiger partial charge in [0.1, 0.15) is 18.0 Å². The number of rotatable bonds is 7. The van der Waals surface area contributed by atoms with E-state index in [9.17, 15) is 18.0 Å². The maximum absolute atomic E-state index is 13.0. The Morgan fingerprint density at radius 1 is 1.28 bits per heavy atom. The molecule has 3 rings (SSSR count). The van der Waals surface area contributed by atoms with Crippen LogP contribution in [0.4, 0.5) is 13.2 Å². The molecular weight excluding hydrogens is 401 g/mol. The second-order valence-electron chi connectivity index (χ2n) is 6.79. The van der Waals surface area contributed by atoms with Gasteiger partial charge in [-0.1, -0.05) is 6.07 Å². The molecule has 0 radical (unpaired) electrons.